The Morgan fingerprint density at radius 1 is 1.26 bits per heavy atom. The van der Waals surface area contributed by atoms with E-state index in [9.17, 15) is 9.18 Å². The summed E-state index contributed by atoms with van der Waals surface area (Å²) in [4.78, 5) is 13.7. The van der Waals surface area contributed by atoms with Gasteiger partial charge in [0.1, 0.15) is 23.9 Å². The molecule has 1 amide bonds. The molecule has 2 aromatic rings. The highest BCUT2D eigenvalue weighted by atomic mass is 35.5. The first-order chi connectivity index (χ1) is 10.6. The normalized spacial score (nSPS) is 10.0. The Balaban J connectivity index is 0.00000264. The zero-order valence-corrected chi connectivity index (χ0v) is 13.9. The van der Waals surface area contributed by atoms with E-state index in [1.165, 1.54) is 24.3 Å². The molecule has 0 bridgehead atoms. The minimum atomic E-state index is -0.317. The minimum Gasteiger partial charge on any atom is -0.486 e. The van der Waals surface area contributed by atoms with E-state index >= 15 is 0 Å². The molecule has 1 heterocycles. The molecule has 0 aliphatic carbocycles. The van der Waals surface area contributed by atoms with Gasteiger partial charge in [0.15, 0.2) is 5.76 Å². The first-order valence-corrected chi connectivity index (χ1v) is 6.97. The van der Waals surface area contributed by atoms with Crippen molar-refractivity contribution in [1.82, 2.24) is 10.2 Å². The lowest BCUT2D eigenvalue weighted by Gasteiger charge is -2.15. The lowest BCUT2D eigenvalue weighted by Crippen LogP contribution is -2.32. The van der Waals surface area contributed by atoms with E-state index in [4.69, 9.17) is 9.15 Å². The van der Waals surface area contributed by atoms with Crippen LogP contribution in [-0.2, 0) is 6.61 Å². The summed E-state index contributed by atoms with van der Waals surface area (Å²) >= 11 is 0. The molecular formula is C16H20ClFN2O3. The molecule has 23 heavy (non-hydrogen) atoms. The zero-order valence-electron chi connectivity index (χ0n) is 13.0. The van der Waals surface area contributed by atoms with E-state index in [0.29, 0.717) is 24.6 Å². The number of furan rings is 1. The van der Waals surface area contributed by atoms with Crippen molar-refractivity contribution in [2.75, 3.05) is 27.2 Å². The molecule has 0 saturated heterocycles. The predicted molar refractivity (Wildman–Crippen MR) is 87.6 cm³/mol. The Labute approximate surface area is 140 Å². The van der Waals surface area contributed by atoms with Crippen LogP contribution in [0, 0.1) is 5.82 Å². The molecule has 7 heteroatoms. The predicted octanol–water partition coefficient (Wildman–Crippen LogP) is 2.71. The summed E-state index contributed by atoms with van der Waals surface area (Å²) in [5.74, 6) is 0.855. The molecule has 0 aliphatic rings. The number of carbonyl (C=O) groups excluding carboxylic acids is 1. The van der Waals surface area contributed by atoms with E-state index < -0.39 is 0 Å². The van der Waals surface area contributed by atoms with Crippen LogP contribution in [0.4, 0.5) is 4.39 Å². The third-order valence-corrected chi connectivity index (χ3v) is 3.11. The topological polar surface area (TPSA) is 54.7 Å². The number of nitrogens with one attached hydrogen (secondary N) is 1. The van der Waals surface area contributed by atoms with Crippen molar-refractivity contribution in [2.24, 2.45) is 0 Å². The molecule has 1 aromatic carbocycles. The summed E-state index contributed by atoms with van der Waals surface area (Å²) in [6.07, 6.45) is 0. The first kappa shape index (κ1) is 19.0. The maximum Gasteiger partial charge on any atom is 0.289 e. The van der Waals surface area contributed by atoms with Crippen LogP contribution < -0.4 is 10.1 Å². The molecule has 0 atom stereocenters. The Kier molecular flexibility index (Phi) is 7.57. The minimum absolute atomic E-state index is 0. The van der Waals surface area contributed by atoms with Gasteiger partial charge < -0.3 is 19.4 Å². The average Bonchev–Trinajstić information content (AvgIpc) is 3.00. The lowest BCUT2D eigenvalue weighted by atomic mass is 10.3. The monoisotopic (exact) mass is 342 g/mol. The molecule has 5 nitrogen and oxygen atoms in total. The van der Waals surface area contributed by atoms with Crippen LogP contribution >= 0.6 is 12.4 Å². The number of hydrogen-bond acceptors (Lipinski definition) is 4. The smallest absolute Gasteiger partial charge is 0.289 e. The van der Waals surface area contributed by atoms with Crippen molar-refractivity contribution >= 4 is 18.3 Å². The first-order valence-electron chi connectivity index (χ1n) is 6.97. The summed E-state index contributed by atoms with van der Waals surface area (Å²) in [6, 6.07) is 9.04. The van der Waals surface area contributed by atoms with Crippen molar-refractivity contribution in [2.45, 2.75) is 6.61 Å². The number of amides is 1. The number of hydrogen-bond donors (Lipinski definition) is 1. The van der Waals surface area contributed by atoms with Gasteiger partial charge in [-0.2, -0.15) is 0 Å². The summed E-state index contributed by atoms with van der Waals surface area (Å²) < 4.78 is 23.7. The summed E-state index contributed by atoms with van der Waals surface area (Å²) in [5.41, 5.74) is 0. The molecule has 126 valence electrons. The maximum atomic E-state index is 12.8. The SMILES string of the molecule is CNCCN(C)C(=O)c1ccc(COc2ccc(F)cc2)o1.Cl. The van der Waals surface area contributed by atoms with E-state index in [1.807, 2.05) is 7.05 Å². The van der Waals surface area contributed by atoms with Crippen molar-refractivity contribution in [1.29, 1.82) is 0 Å². The molecular weight excluding hydrogens is 323 g/mol. The Morgan fingerprint density at radius 3 is 2.61 bits per heavy atom. The number of likely N-dealkylation sites (N-methyl/N-ethyl adjacent to an activating group) is 2. The fourth-order valence-electron chi connectivity index (χ4n) is 1.82. The molecule has 1 N–H and O–H groups in total. The van der Waals surface area contributed by atoms with Crippen molar-refractivity contribution in [3.63, 3.8) is 0 Å². The largest absolute Gasteiger partial charge is 0.486 e. The maximum absolute atomic E-state index is 12.8. The van der Waals surface area contributed by atoms with Gasteiger partial charge in [-0.3, -0.25) is 4.79 Å². The second kappa shape index (κ2) is 9.17. The van der Waals surface area contributed by atoms with Gasteiger partial charge in [-0.05, 0) is 43.4 Å². The fraction of sp³-hybridized carbons (Fsp3) is 0.312. The van der Waals surface area contributed by atoms with Gasteiger partial charge in [-0.1, -0.05) is 0 Å². The quantitative estimate of drug-likeness (QED) is 0.840. The molecule has 0 unspecified atom stereocenters. The fourth-order valence-corrected chi connectivity index (χ4v) is 1.82. The third-order valence-electron chi connectivity index (χ3n) is 3.11. The number of rotatable bonds is 7. The van der Waals surface area contributed by atoms with Gasteiger partial charge in [0.2, 0.25) is 0 Å². The lowest BCUT2D eigenvalue weighted by molar-refractivity contribution is 0.0761. The van der Waals surface area contributed by atoms with Crippen LogP contribution in [0.25, 0.3) is 0 Å². The third kappa shape index (κ3) is 5.58. The van der Waals surface area contributed by atoms with Gasteiger partial charge in [0, 0.05) is 20.1 Å². The summed E-state index contributed by atoms with van der Waals surface area (Å²) in [6.45, 7) is 1.49. The van der Waals surface area contributed by atoms with Crippen LogP contribution in [0.2, 0.25) is 0 Å². The second-order valence-corrected chi connectivity index (χ2v) is 4.84. The van der Waals surface area contributed by atoms with Gasteiger partial charge in [0.05, 0.1) is 0 Å². The van der Waals surface area contributed by atoms with E-state index in [-0.39, 0.29) is 36.5 Å². The van der Waals surface area contributed by atoms with Crippen LogP contribution in [0.3, 0.4) is 0 Å². The molecule has 0 aliphatic heterocycles. The average molecular weight is 343 g/mol. The van der Waals surface area contributed by atoms with E-state index in [1.54, 1.807) is 24.1 Å². The van der Waals surface area contributed by atoms with Crippen LogP contribution in [0.1, 0.15) is 16.3 Å². The number of carbonyl (C=O) groups is 1. The van der Waals surface area contributed by atoms with Crippen molar-refractivity contribution < 1.29 is 18.3 Å². The molecule has 0 radical (unpaired) electrons. The van der Waals surface area contributed by atoms with Crippen LogP contribution in [0.5, 0.6) is 5.75 Å². The highest BCUT2D eigenvalue weighted by molar-refractivity contribution is 5.91. The molecule has 0 fully saturated rings. The second-order valence-electron chi connectivity index (χ2n) is 4.84. The van der Waals surface area contributed by atoms with Gasteiger partial charge in [-0.15, -0.1) is 12.4 Å². The molecule has 2 rings (SSSR count). The number of ether oxygens (including phenoxy) is 1. The van der Waals surface area contributed by atoms with Gasteiger partial charge in [0.25, 0.3) is 5.91 Å². The van der Waals surface area contributed by atoms with E-state index in [2.05, 4.69) is 5.32 Å². The standard InChI is InChI=1S/C16H19FN2O3.ClH/c1-18-9-10-19(2)16(20)15-8-7-14(22-15)11-21-13-5-3-12(17)4-6-13;/h3-8,18H,9-11H2,1-2H3;1H. The van der Waals surface area contributed by atoms with Gasteiger partial charge in [-0.25, -0.2) is 4.39 Å². The van der Waals surface area contributed by atoms with Crippen LogP contribution in [-0.4, -0.2) is 38.0 Å². The highest BCUT2D eigenvalue weighted by Crippen LogP contribution is 2.15. The number of nitrogens with zero attached hydrogens (tertiary/aromatic N) is 1. The highest BCUT2D eigenvalue weighted by Gasteiger charge is 2.15. The Hall–Kier alpha value is -2.05. The Morgan fingerprint density at radius 2 is 1.96 bits per heavy atom. The number of benzene rings is 1. The Bertz CT molecular complexity index is 616. The summed E-state index contributed by atoms with van der Waals surface area (Å²) in [5, 5.41) is 2.98. The van der Waals surface area contributed by atoms with Gasteiger partial charge >= 0.3 is 0 Å². The molecule has 0 spiro atoms. The zero-order chi connectivity index (χ0) is 15.9. The van der Waals surface area contributed by atoms with Crippen LogP contribution in [0.15, 0.2) is 40.8 Å². The summed E-state index contributed by atoms with van der Waals surface area (Å²) in [7, 11) is 3.55. The van der Waals surface area contributed by atoms with Crippen molar-refractivity contribution in [3.8, 4) is 5.75 Å². The molecule has 0 saturated carbocycles. The number of halogens is 2. The molecule has 1 aromatic heterocycles. The van der Waals surface area contributed by atoms with Crippen molar-refractivity contribution in [3.05, 3.63) is 53.7 Å². The van der Waals surface area contributed by atoms with E-state index in [0.717, 1.165) is 0 Å².